The highest BCUT2D eigenvalue weighted by molar-refractivity contribution is 7.91. The van der Waals surface area contributed by atoms with Crippen molar-refractivity contribution in [1.29, 1.82) is 0 Å². The molecule has 3 heteroatoms. The molecule has 0 unspecified atom stereocenters. The Balaban J connectivity index is 2.49. The molecule has 2 nitrogen and oxygen atoms in total. The molecule has 106 valence electrons. The van der Waals surface area contributed by atoms with E-state index in [9.17, 15) is 8.42 Å². The van der Waals surface area contributed by atoms with Crippen LogP contribution in [0.25, 0.3) is 0 Å². The van der Waals surface area contributed by atoms with Gasteiger partial charge < -0.3 is 0 Å². The van der Waals surface area contributed by atoms with Crippen LogP contribution >= 0.6 is 0 Å². The first-order valence-corrected chi connectivity index (χ1v) is 8.12. The molecule has 0 amide bonds. The highest BCUT2D eigenvalue weighted by Crippen LogP contribution is 2.27. The Morgan fingerprint density at radius 3 is 1.90 bits per heavy atom. The summed E-state index contributed by atoms with van der Waals surface area (Å²) in [5.41, 5.74) is 1.92. The van der Waals surface area contributed by atoms with E-state index in [1.807, 2.05) is 31.2 Å². The summed E-state index contributed by atoms with van der Waals surface area (Å²) >= 11 is 0. The van der Waals surface area contributed by atoms with Crippen LogP contribution in [-0.4, -0.2) is 8.42 Å². The quantitative estimate of drug-likeness (QED) is 0.833. The minimum atomic E-state index is -3.43. The summed E-state index contributed by atoms with van der Waals surface area (Å²) in [6.07, 6.45) is 0. The summed E-state index contributed by atoms with van der Waals surface area (Å²) in [6, 6.07) is 14.3. The van der Waals surface area contributed by atoms with E-state index in [0.717, 1.165) is 11.1 Å². The van der Waals surface area contributed by atoms with Crippen molar-refractivity contribution in [3.63, 3.8) is 0 Å². The van der Waals surface area contributed by atoms with Crippen LogP contribution in [0.2, 0.25) is 0 Å². The molecule has 0 aliphatic carbocycles. The van der Waals surface area contributed by atoms with Crippen LogP contribution in [-0.2, 0) is 15.3 Å². The molecule has 0 saturated carbocycles. The molecule has 0 fully saturated rings. The fraction of sp³-hybridized carbons (Fsp3) is 0.294. The zero-order chi connectivity index (χ0) is 15.0. The summed E-state index contributed by atoms with van der Waals surface area (Å²) in [7, 11) is -3.43. The first-order chi connectivity index (χ1) is 9.23. The topological polar surface area (TPSA) is 34.1 Å². The summed E-state index contributed by atoms with van der Waals surface area (Å²) < 4.78 is 25.2. The third-order valence-corrected chi connectivity index (χ3v) is 5.34. The molecule has 0 aliphatic rings. The molecule has 2 aromatic rings. The molecule has 0 heterocycles. The van der Waals surface area contributed by atoms with Gasteiger partial charge in [-0.25, -0.2) is 8.42 Å². The number of sulfone groups is 1. The zero-order valence-corrected chi connectivity index (χ0v) is 13.2. The Kier molecular flexibility index (Phi) is 3.74. The molecule has 2 rings (SSSR count). The molecule has 0 N–H and O–H groups in total. The van der Waals surface area contributed by atoms with Crippen molar-refractivity contribution in [3.05, 3.63) is 59.7 Å². The fourth-order valence-electron chi connectivity index (χ4n) is 2.12. The molecule has 0 saturated heterocycles. The molecule has 0 aromatic heterocycles. The van der Waals surface area contributed by atoms with Crippen molar-refractivity contribution in [1.82, 2.24) is 0 Å². The molecular weight excluding hydrogens is 268 g/mol. The lowest BCUT2D eigenvalue weighted by molar-refractivity contribution is 0.586. The molecule has 0 spiro atoms. The maximum Gasteiger partial charge on any atom is 0.206 e. The molecule has 0 atom stereocenters. The van der Waals surface area contributed by atoms with Gasteiger partial charge in [0.25, 0.3) is 0 Å². The fourth-order valence-corrected chi connectivity index (χ4v) is 3.62. The predicted octanol–water partition coefficient (Wildman–Crippen LogP) is 4.13. The van der Waals surface area contributed by atoms with E-state index in [-0.39, 0.29) is 5.41 Å². The van der Waals surface area contributed by atoms with Crippen LogP contribution in [0, 0.1) is 6.92 Å². The van der Waals surface area contributed by atoms with Crippen molar-refractivity contribution < 1.29 is 8.42 Å². The van der Waals surface area contributed by atoms with Gasteiger partial charge in [0.2, 0.25) is 9.84 Å². The molecule has 20 heavy (non-hydrogen) atoms. The second-order valence-corrected chi connectivity index (χ2v) is 7.96. The maximum atomic E-state index is 12.6. The lowest BCUT2D eigenvalue weighted by atomic mass is 9.87. The number of hydrogen-bond donors (Lipinski definition) is 0. The van der Waals surface area contributed by atoms with Crippen molar-refractivity contribution >= 4 is 9.84 Å². The van der Waals surface area contributed by atoms with E-state index in [1.165, 1.54) is 0 Å². The first-order valence-electron chi connectivity index (χ1n) is 6.64. The second-order valence-electron chi connectivity index (χ2n) is 6.04. The van der Waals surface area contributed by atoms with E-state index in [0.29, 0.717) is 9.79 Å². The van der Waals surface area contributed by atoms with Gasteiger partial charge in [-0.2, -0.15) is 0 Å². The van der Waals surface area contributed by atoms with Crippen molar-refractivity contribution in [2.75, 3.05) is 0 Å². The average molecular weight is 288 g/mol. The Hall–Kier alpha value is -1.61. The van der Waals surface area contributed by atoms with Crippen molar-refractivity contribution in [2.24, 2.45) is 0 Å². The Labute approximate surface area is 121 Å². The Morgan fingerprint density at radius 1 is 0.850 bits per heavy atom. The summed E-state index contributed by atoms with van der Waals surface area (Å²) in [6.45, 7) is 8.14. The number of benzene rings is 2. The van der Waals surface area contributed by atoms with Gasteiger partial charge in [-0.3, -0.25) is 0 Å². The number of hydrogen-bond acceptors (Lipinski definition) is 2. The maximum absolute atomic E-state index is 12.6. The van der Waals surface area contributed by atoms with Crippen LogP contribution in [0.5, 0.6) is 0 Å². The van der Waals surface area contributed by atoms with E-state index >= 15 is 0 Å². The van der Waals surface area contributed by atoms with Crippen molar-refractivity contribution in [2.45, 2.75) is 42.9 Å². The highest BCUT2D eigenvalue weighted by Gasteiger charge is 2.20. The van der Waals surface area contributed by atoms with E-state index in [2.05, 4.69) is 20.8 Å². The van der Waals surface area contributed by atoms with Gasteiger partial charge >= 0.3 is 0 Å². The van der Waals surface area contributed by atoms with E-state index in [1.54, 1.807) is 24.3 Å². The lowest BCUT2D eigenvalue weighted by Gasteiger charge is -2.19. The largest absolute Gasteiger partial charge is 0.219 e. The first kappa shape index (κ1) is 14.8. The minimum absolute atomic E-state index is 0.0188. The van der Waals surface area contributed by atoms with Gasteiger partial charge in [-0.1, -0.05) is 51.1 Å². The molecular formula is C17H20O2S. The summed E-state index contributed by atoms with van der Waals surface area (Å²) in [4.78, 5) is 0.725. The number of rotatable bonds is 2. The SMILES string of the molecule is Cc1ccccc1S(=O)(=O)c1ccc(C(C)(C)C)cc1. The van der Waals surface area contributed by atoms with Gasteiger partial charge in [-0.15, -0.1) is 0 Å². The van der Waals surface area contributed by atoms with E-state index < -0.39 is 9.84 Å². The van der Waals surface area contributed by atoms with Crippen molar-refractivity contribution in [3.8, 4) is 0 Å². The average Bonchev–Trinajstić information content (AvgIpc) is 2.38. The van der Waals surface area contributed by atoms with E-state index in [4.69, 9.17) is 0 Å². The predicted molar refractivity (Wildman–Crippen MR) is 81.8 cm³/mol. The second kappa shape index (κ2) is 5.06. The monoisotopic (exact) mass is 288 g/mol. The standard InChI is InChI=1S/C17H20O2S/c1-13-7-5-6-8-16(13)20(18,19)15-11-9-14(10-12-15)17(2,3)4/h5-12H,1-4H3. The van der Waals surface area contributed by atoms with Crippen LogP contribution in [0.4, 0.5) is 0 Å². The van der Waals surface area contributed by atoms with Crippen LogP contribution in [0.3, 0.4) is 0 Å². The lowest BCUT2D eigenvalue weighted by Crippen LogP contribution is -2.11. The normalized spacial score (nSPS) is 12.4. The third kappa shape index (κ3) is 2.78. The molecule has 2 aromatic carbocycles. The Morgan fingerprint density at radius 2 is 1.40 bits per heavy atom. The molecule has 0 radical (unpaired) electrons. The van der Waals surface area contributed by atoms with Gasteiger partial charge in [0.1, 0.15) is 0 Å². The molecule has 0 bridgehead atoms. The van der Waals surface area contributed by atoms with Crippen LogP contribution in [0.15, 0.2) is 58.3 Å². The van der Waals surface area contributed by atoms with Crippen LogP contribution < -0.4 is 0 Å². The smallest absolute Gasteiger partial charge is 0.206 e. The van der Waals surface area contributed by atoms with Crippen LogP contribution in [0.1, 0.15) is 31.9 Å². The highest BCUT2D eigenvalue weighted by atomic mass is 32.2. The zero-order valence-electron chi connectivity index (χ0n) is 12.3. The van der Waals surface area contributed by atoms with Gasteiger partial charge in [0.15, 0.2) is 0 Å². The molecule has 0 aliphatic heterocycles. The van der Waals surface area contributed by atoms with Gasteiger partial charge in [0.05, 0.1) is 9.79 Å². The van der Waals surface area contributed by atoms with Gasteiger partial charge in [0, 0.05) is 0 Å². The third-order valence-electron chi connectivity index (χ3n) is 3.41. The number of aryl methyl sites for hydroxylation is 1. The summed E-state index contributed by atoms with van der Waals surface area (Å²) in [5.74, 6) is 0. The Bertz CT molecular complexity index is 705. The summed E-state index contributed by atoms with van der Waals surface area (Å²) in [5, 5.41) is 0. The van der Waals surface area contributed by atoms with Gasteiger partial charge in [-0.05, 0) is 41.7 Å². The minimum Gasteiger partial charge on any atom is -0.219 e.